The molecule has 0 N–H and O–H groups in total. The number of rotatable bonds is 13. The van der Waals surface area contributed by atoms with Crippen LogP contribution in [-0.4, -0.2) is 82.4 Å². The number of carbonyl (C=O) groups is 2. The summed E-state index contributed by atoms with van der Waals surface area (Å²) in [4.78, 5) is 24.4. The van der Waals surface area contributed by atoms with Gasteiger partial charge in [-0.3, -0.25) is 4.79 Å². The van der Waals surface area contributed by atoms with Crippen LogP contribution in [0, 0.1) is 0 Å². The van der Waals surface area contributed by atoms with Crippen molar-refractivity contribution < 1.29 is 32.0 Å². The maximum atomic E-state index is 12.4. The summed E-state index contributed by atoms with van der Waals surface area (Å²) in [6, 6.07) is 4.41. The molecule has 0 aliphatic carbocycles. The average Bonchev–Trinajstić information content (AvgIpc) is 2.84. The molecule has 2 aliphatic heterocycles. The van der Waals surface area contributed by atoms with E-state index in [1.54, 1.807) is 6.92 Å². The van der Waals surface area contributed by atoms with Crippen molar-refractivity contribution in [2.75, 3.05) is 13.7 Å². The van der Waals surface area contributed by atoms with E-state index in [2.05, 4.69) is 86.6 Å². The van der Waals surface area contributed by atoms with Crippen molar-refractivity contribution in [3.05, 3.63) is 12.2 Å². The average molecular weight is 705 g/mol. The summed E-state index contributed by atoms with van der Waals surface area (Å²) in [7, 11) is -12.1. The molecule has 0 aromatic rings. The van der Waals surface area contributed by atoms with Crippen LogP contribution in [0.5, 0.6) is 0 Å². The van der Waals surface area contributed by atoms with E-state index in [-0.39, 0.29) is 23.1 Å². The molecule has 0 aromatic heterocycles. The first-order chi connectivity index (χ1) is 19.3. The molecule has 13 heteroatoms. The second-order valence-corrected chi connectivity index (χ2v) is 66.1. The number of esters is 2. The van der Waals surface area contributed by atoms with E-state index in [0.29, 0.717) is 18.6 Å². The molecular weight excluding hydrogens is 641 g/mol. The van der Waals surface area contributed by atoms with Crippen molar-refractivity contribution in [1.29, 1.82) is 0 Å². The zero-order valence-electron chi connectivity index (χ0n) is 30.1. The van der Waals surface area contributed by atoms with Gasteiger partial charge in [0, 0.05) is 12.0 Å². The molecule has 2 unspecified atom stereocenters. The minimum atomic E-state index is -2.58. The van der Waals surface area contributed by atoms with Gasteiger partial charge in [-0.1, -0.05) is 31.8 Å². The van der Waals surface area contributed by atoms with Crippen LogP contribution in [0.3, 0.4) is 0 Å². The number of methoxy groups -OCH3 is 1. The van der Waals surface area contributed by atoms with Gasteiger partial charge in [-0.15, -0.1) is 0 Å². The Hall–Kier alpha value is -0.139. The standard InChI is InChI=1S/C30H64O7Si6/c1-26(2)28(32)34-21-17-23-43(37-38(8,9)22-16-18-27(31)33-7,41(14)24-19-29(3,4)35-39(41,10)11)42(15)25-20-30(5,6)36-40(42,12)13/h1,16-25H2,2-15H3. The van der Waals surface area contributed by atoms with Crippen LogP contribution in [0.25, 0.3) is 0 Å². The maximum Gasteiger partial charge on any atom is 0.333 e. The SMILES string of the molecule is C=C(C)C(=O)OCCC[Si](O[Si](C)(C)CCCC(=O)OC)([Si]1(C)CCC(C)(C)O[Si]1(C)C)[Si]1(C)CCC(C)(C)O[Si]1(C)C. The van der Waals surface area contributed by atoms with Crippen molar-refractivity contribution in [2.45, 2.75) is 154 Å². The van der Waals surface area contributed by atoms with Gasteiger partial charge < -0.3 is 22.4 Å². The van der Waals surface area contributed by atoms with Crippen LogP contribution in [0.4, 0.5) is 0 Å². The van der Waals surface area contributed by atoms with Crippen molar-refractivity contribution in [2.24, 2.45) is 0 Å². The van der Waals surface area contributed by atoms with Crippen molar-refractivity contribution in [3.8, 4) is 0 Å². The topological polar surface area (TPSA) is 80.3 Å². The normalized spacial score (nSPS) is 29.3. The van der Waals surface area contributed by atoms with E-state index in [9.17, 15) is 9.59 Å². The highest BCUT2D eigenvalue weighted by atomic mass is 30.0. The highest BCUT2D eigenvalue weighted by Crippen LogP contribution is 2.54. The van der Waals surface area contributed by atoms with E-state index < -0.39 is 45.6 Å². The third-order valence-corrected chi connectivity index (χ3v) is 96.9. The van der Waals surface area contributed by atoms with Gasteiger partial charge in [0.1, 0.15) is 0 Å². The third-order valence-electron chi connectivity index (χ3n) is 11.1. The zero-order chi connectivity index (χ0) is 33.3. The molecule has 0 amide bonds. The summed E-state index contributed by atoms with van der Waals surface area (Å²) in [5.41, 5.74) is 0.204. The van der Waals surface area contributed by atoms with E-state index in [1.165, 1.54) is 19.2 Å². The summed E-state index contributed by atoms with van der Waals surface area (Å²) in [5.74, 6) is -0.462. The predicted molar refractivity (Wildman–Crippen MR) is 193 cm³/mol. The van der Waals surface area contributed by atoms with Gasteiger partial charge in [0.05, 0.1) is 39.1 Å². The van der Waals surface area contributed by atoms with Gasteiger partial charge in [-0.25, -0.2) is 4.79 Å². The highest BCUT2D eigenvalue weighted by molar-refractivity contribution is 7.90. The lowest BCUT2D eigenvalue weighted by atomic mass is 10.1. The van der Waals surface area contributed by atoms with Crippen molar-refractivity contribution >= 4 is 57.5 Å². The number of ether oxygens (including phenoxy) is 2. The molecule has 2 rings (SSSR count). The second-order valence-electron chi connectivity index (χ2n) is 16.5. The highest BCUT2D eigenvalue weighted by Gasteiger charge is 2.76. The summed E-state index contributed by atoms with van der Waals surface area (Å²) in [6.45, 7) is 35.1. The van der Waals surface area contributed by atoms with Crippen LogP contribution < -0.4 is 0 Å². The van der Waals surface area contributed by atoms with E-state index >= 15 is 0 Å². The Kier molecular flexibility index (Phi) is 12.3. The smallest absolute Gasteiger partial charge is 0.333 e. The Morgan fingerprint density at radius 3 is 1.70 bits per heavy atom. The largest absolute Gasteiger partial charge is 0.469 e. The quantitative estimate of drug-likeness (QED) is 0.0835. The van der Waals surface area contributed by atoms with E-state index in [1.807, 2.05) is 0 Å². The first-order valence-corrected chi connectivity index (χ1v) is 36.8. The van der Waals surface area contributed by atoms with Gasteiger partial charge in [0.2, 0.25) is 0 Å². The predicted octanol–water partition coefficient (Wildman–Crippen LogP) is 7.90. The number of hydrogen-bond acceptors (Lipinski definition) is 7. The molecule has 2 atom stereocenters. The summed E-state index contributed by atoms with van der Waals surface area (Å²) >= 11 is 0. The summed E-state index contributed by atoms with van der Waals surface area (Å²) in [5, 5.41) is 0. The summed E-state index contributed by atoms with van der Waals surface area (Å²) in [6.07, 6.45) is 4.17. The van der Waals surface area contributed by atoms with Crippen LogP contribution >= 0.6 is 0 Å². The first-order valence-electron chi connectivity index (χ1n) is 16.3. The Bertz CT molecular complexity index is 1000. The lowest BCUT2D eigenvalue weighted by Gasteiger charge is -2.67. The Balaban J connectivity index is 2.77. The molecular formula is C30H64O7Si6. The Labute approximate surface area is 268 Å². The lowest BCUT2D eigenvalue weighted by Crippen LogP contribution is -2.93. The molecule has 0 spiro atoms. The maximum absolute atomic E-state index is 12.4. The van der Waals surface area contributed by atoms with Crippen molar-refractivity contribution in [1.82, 2.24) is 0 Å². The fourth-order valence-electron chi connectivity index (χ4n) is 8.12. The molecule has 0 radical (unpaired) electrons. The molecule has 0 bridgehead atoms. The van der Waals surface area contributed by atoms with E-state index in [0.717, 1.165) is 37.8 Å². The van der Waals surface area contributed by atoms with Crippen LogP contribution in [0.15, 0.2) is 12.2 Å². The molecule has 2 fully saturated rings. The molecule has 2 saturated heterocycles. The fraction of sp³-hybridized carbons (Fsp3) is 0.867. The lowest BCUT2D eigenvalue weighted by molar-refractivity contribution is -0.141. The Morgan fingerprint density at radius 1 is 0.837 bits per heavy atom. The molecule has 0 aromatic carbocycles. The molecule has 250 valence electrons. The van der Waals surface area contributed by atoms with Gasteiger partial charge in [0.25, 0.3) is 0 Å². The minimum Gasteiger partial charge on any atom is -0.469 e. The molecule has 2 aliphatic rings. The third kappa shape index (κ3) is 8.42. The van der Waals surface area contributed by atoms with Crippen LogP contribution in [0.1, 0.15) is 66.7 Å². The number of hydrogen-bond donors (Lipinski definition) is 0. The van der Waals surface area contributed by atoms with Gasteiger partial charge in [0.15, 0.2) is 31.3 Å². The van der Waals surface area contributed by atoms with Crippen LogP contribution in [-0.2, 0) is 32.0 Å². The fourth-order valence-corrected chi connectivity index (χ4v) is 133. The minimum absolute atomic E-state index is 0.118. The molecule has 0 saturated carbocycles. The Morgan fingerprint density at radius 2 is 1.30 bits per heavy atom. The zero-order valence-corrected chi connectivity index (χ0v) is 36.1. The number of carbonyl (C=O) groups excluding carboxylic acids is 2. The first kappa shape index (κ1) is 39.0. The van der Waals surface area contributed by atoms with Gasteiger partial charge in [-0.05, 0) is 112 Å². The molecule has 7 nitrogen and oxygen atoms in total. The molecule has 43 heavy (non-hydrogen) atoms. The monoisotopic (exact) mass is 704 g/mol. The van der Waals surface area contributed by atoms with Gasteiger partial charge >= 0.3 is 11.9 Å². The van der Waals surface area contributed by atoms with E-state index in [4.69, 9.17) is 22.4 Å². The van der Waals surface area contributed by atoms with Crippen molar-refractivity contribution in [3.63, 3.8) is 0 Å². The van der Waals surface area contributed by atoms with Gasteiger partial charge in [-0.2, -0.15) is 0 Å². The second kappa shape index (κ2) is 13.5. The molecule has 2 heterocycles. The van der Waals surface area contributed by atoms with Crippen LogP contribution in [0.2, 0.25) is 76.6 Å². The summed E-state index contributed by atoms with van der Waals surface area (Å²) < 4.78 is 33.4.